The second-order valence-electron chi connectivity index (χ2n) is 4.36. The topological polar surface area (TPSA) is 22.1 Å². The molecule has 2 aromatic carbocycles. The predicted molar refractivity (Wildman–Crippen MR) is 85.7 cm³/mol. The summed E-state index contributed by atoms with van der Waals surface area (Å²) < 4.78 is 7.05. The smallest absolute Gasteiger partial charge is 0.222 e. The molecule has 0 atom stereocenters. The van der Waals surface area contributed by atoms with E-state index in [0.29, 0.717) is 5.88 Å². The zero-order valence-electron chi connectivity index (χ0n) is 10.4. The van der Waals surface area contributed by atoms with Gasteiger partial charge in [-0.15, -0.1) is 0 Å². The van der Waals surface area contributed by atoms with Gasteiger partial charge < -0.3 is 4.74 Å². The van der Waals surface area contributed by atoms with Crippen molar-refractivity contribution in [3.8, 4) is 11.6 Å². The molecule has 0 bridgehead atoms. The second kappa shape index (κ2) is 5.17. The molecular formula is C16H12INO. The van der Waals surface area contributed by atoms with Gasteiger partial charge in [-0.25, -0.2) is 4.98 Å². The van der Waals surface area contributed by atoms with Crippen molar-refractivity contribution in [2.24, 2.45) is 0 Å². The molecule has 0 saturated heterocycles. The number of rotatable bonds is 2. The lowest BCUT2D eigenvalue weighted by atomic mass is 10.2. The molecule has 1 heterocycles. The molecule has 2 nitrogen and oxygen atoms in total. The molecule has 19 heavy (non-hydrogen) atoms. The van der Waals surface area contributed by atoms with Crippen molar-refractivity contribution >= 4 is 33.5 Å². The van der Waals surface area contributed by atoms with Crippen LogP contribution in [0.25, 0.3) is 10.9 Å². The number of hydrogen-bond acceptors (Lipinski definition) is 2. The Morgan fingerprint density at radius 3 is 2.53 bits per heavy atom. The summed E-state index contributed by atoms with van der Waals surface area (Å²) in [5.74, 6) is 1.48. The van der Waals surface area contributed by atoms with E-state index in [0.717, 1.165) is 22.2 Å². The zero-order valence-corrected chi connectivity index (χ0v) is 12.6. The Labute approximate surface area is 125 Å². The van der Waals surface area contributed by atoms with Crippen molar-refractivity contribution in [2.45, 2.75) is 6.92 Å². The molecule has 3 rings (SSSR count). The number of hydrogen-bond donors (Lipinski definition) is 0. The van der Waals surface area contributed by atoms with Gasteiger partial charge in [0.25, 0.3) is 0 Å². The van der Waals surface area contributed by atoms with E-state index < -0.39 is 0 Å². The minimum absolute atomic E-state index is 0.667. The third-order valence-electron chi connectivity index (χ3n) is 2.90. The lowest BCUT2D eigenvalue weighted by Crippen LogP contribution is -1.92. The molecule has 0 aliphatic rings. The summed E-state index contributed by atoms with van der Waals surface area (Å²) in [6.07, 6.45) is 0. The van der Waals surface area contributed by atoms with Gasteiger partial charge in [0.1, 0.15) is 5.75 Å². The highest BCUT2D eigenvalue weighted by atomic mass is 127. The monoisotopic (exact) mass is 361 g/mol. The Hall–Kier alpha value is -1.62. The van der Waals surface area contributed by atoms with Gasteiger partial charge in [0, 0.05) is 14.5 Å². The highest BCUT2D eigenvalue weighted by molar-refractivity contribution is 14.1. The number of para-hydroxylation sites is 1. The van der Waals surface area contributed by atoms with Crippen molar-refractivity contribution < 1.29 is 4.74 Å². The Morgan fingerprint density at radius 2 is 1.74 bits per heavy atom. The van der Waals surface area contributed by atoms with Gasteiger partial charge in [0.15, 0.2) is 0 Å². The van der Waals surface area contributed by atoms with Crippen LogP contribution in [0, 0.1) is 10.5 Å². The maximum atomic E-state index is 5.86. The van der Waals surface area contributed by atoms with Gasteiger partial charge in [0.2, 0.25) is 5.88 Å². The van der Waals surface area contributed by atoms with Gasteiger partial charge >= 0.3 is 0 Å². The van der Waals surface area contributed by atoms with Crippen LogP contribution in [0.4, 0.5) is 0 Å². The number of pyridine rings is 1. The number of halogens is 1. The summed E-state index contributed by atoms with van der Waals surface area (Å²) in [5, 5.41) is 1.13. The van der Waals surface area contributed by atoms with E-state index in [1.807, 2.05) is 49.4 Å². The summed E-state index contributed by atoms with van der Waals surface area (Å²) in [6, 6.07) is 18.1. The fourth-order valence-electron chi connectivity index (χ4n) is 1.92. The molecule has 3 heteroatoms. The molecule has 0 aliphatic carbocycles. The minimum Gasteiger partial charge on any atom is -0.439 e. The molecular weight excluding hydrogens is 349 g/mol. The Kier molecular flexibility index (Phi) is 3.38. The van der Waals surface area contributed by atoms with E-state index in [9.17, 15) is 0 Å². The van der Waals surface area contributed by atoms with Gasteiger partial charge in [-0.3, -0.25) is 0 Å². The van der Waals surface area contributed by atoms with E-state index in [4.69, 9.17) is 4.74 Å². The van der Waals surface area contributed by atoms with Crippen molar-refractivity contribution in [3.05, 3.63) is 63.7 Å². The largest absolute Gasteiger partial charge is 0.439 e. The van der Waals surface area contributed by atoms with Crippen LogP contribution in [0.1, 0.15) is 5.56 Å². The van der Waals surface area contributed by atoms with Crippen LogP contribution >= 0.6 is 22.6 Å². The van der Waals surface area contributed by atoms with E-state index in [1.165, 1.54) is 3.57 Å². The van der Waals surface area contributed by atoms with Gasteiger partial charge in [-0.1, -0.05) is 18.2 Å². The fraction of sp³-hybridized carbons (Fsp3) is 0.0625. The predicted octanol–water partition coefficient (Wildman–Crippen LogP) is 4.94. The number of benzene rings is 2. The van der Waals surface area contributed by atoms with Gasteiger partial charge in [-0.2, -0.15) is 0 Å². The highest BCUT2D eigenvalue weighted by Gasteiger charge is 2.05. The standard InChI is InChI=1S/C16H12INO/c1-11-10-12-4-2-3-5-15(12)18-16(11)19-14-8-6-13(17)7-9-14/h2-10H,1H3. The molecule has 0 fully saturated rings. The summed E-state index contributed by atoms with van der Waals surface area (Å²) in [7, 11) is 0. The van der Waals surface area contributed by atoms with E-state index in [1.54, 1.807) is 0 Å². The van der Waals surface area contributed by atoms with Crippen LogP contribution in [0.5, 0.6) is 11.6 Å². The van der Waals surface area contributed by atoms with E-state index in [-0.39, 0.29) is 0 Å². The van der Waals surface area contributed by atoms with Crippen LogP contribution in [0.3, 0.4) is 0 Å². The Balaban J connectivity index is 2.00. The van der Waals surface area contributed by atoms with Crippen LogP contribution in [0.15, 0.2) is 54.6 Å². The van der Waals surface area contributed by atoms with Crippen molar-refractivity contribution in [2.75, 3.05) is 0 Å². The van der Waals surface area contributed by atoms with Gasteiger partial charge in [-0.05, 0) is 65.9 Å². The first-order valence-corrected chi connectivity index (χ1v) is 7.10. The summed E-state index contributed by atoms with van der Waals surface area (Å²) in [5.41, 5.74) is 1.99. The van der Waals surface area contributed by atoms with Crippen LogP contribution in [-0.2, 0) is 0 Å². The number of ether oxygens (including phenoxy) is 1. The molecule has 0 saturated carbocycles. The average molecular weight is 361 g/mol. The lowest BCUT2D eigenvalue weighted by Gasteiger charge is -2.09. The third kappa shape index (κ3) is 2.71. The summed E-state index contributed by atoms with van der Waals surface area (Å²) in [4.78, 5) is 4.57. The summed E-state index contributed by atoms with van der Waals surface area (Å²) in [6.45, 7) is 2.02. The average Bonchev–Trinajstić information content (AvgIpc) is 2.42. The molecule has 0 unspecified atom stereocenters. The minimum atomic E-state index is 0.667. The zero-order chi connectivity index (χ0) is 13.2. The van der Waals surface area contributed by atoms with Gasteiger partial charge in [0.05, 0.1) is 5.52 Å². The number of nitrogens with zero attached hydrogens (tertiary/aromatic N) is 1. The number of fused-ring (bicyclic) bond motifs is 1. The first-order valence-electron chi connectivity index (χ1n) is 6.02. The van der Waals surface area contributed by atoms with E-state index >= 15 is 0 Å². The van der Waals surface area contributed by atoms with Crippen molar-refractivity contribution in [1.29, 1.82) is 0 Å². The first kappa shape index (κ1) is 12.4. The molecule has 0 amide bonds. The summed E-state index contributed by atoms with van der Waals surface area (Å²) >= 11 is 2.27. The van der Waals surface area contributed by atoms with E-state index in [2.05, 4.69) is 39.7 Å². The maximum Gasteiger partial charge on any atom is 0.222 e. The number of aryl methyl sites for hydroxylation is 1. The molecule has 0 aliphatic heterocycles. The molecule has 1 aromatic heterocycles. The number of aromatic nitrogens is 1. The molecule has 94 valence electrons. The second-order valence-corrected chi connectivity index (χ2v) is 5.60. The van der Waals surface area contributed by atoms with Crippen LogP contribution in [0.2, 0.25) is 0 Å². The Morgan fingerprint density at radius 1 is 1.00 bits per heavy atom. The quantitative estimate of drug-likeness (QED) is 0.603. The maximum absolute atomic E-state index is 5.86. The fourth-order valence-corrected chi connectivity index (χ4v) is 2.28. The SMILES string of the molecule is Cc1cc2ccccc2nc1Oc1ccc(I)cc1. The van der Waals surface area contributed by atoms with Crippen LogP contribution in [-0.4, -0.2) is 4.98 Å². The lowest BCUT2D eigenvalue weighted by molar-refractivity contribution is 0.461. The van der Waals surface area contributed by atoms with Crippen molar-refractivity contribution in [3.63, 3.8) is 0 Å². The first-order chi connectivity index (χ1) is 9.22. The highest BCUT2D eigenvalue weighted by Crippen LogP contribution is 2.26. The van der Waals surface area contributed by atoms with Crippen LogP contribution < -0.4 is 4.74 Å². The molecule has 0 spiro atoms. The normalized spacial score (nSPS) is 10.6. The molecule has 3 aromatic rings. The third-order valence-corrected chi connectivity index (χ3v) is 3.62. The Bertz CT molecular complexity index is 722. The van der Waals surface area contributed by atoms with Crippen molar-refractivity contribution in [1.82, 2.24) is 4.98 Å². The molecule has 0 radical (unpaired) electrons. The molecule has 0 N–H and O–H groups in total.